The van der Waals surface area contributed by atoms with E-state index in [0.29, 0.717) is 11.3 Å². The normalized spacial score (nSPS) is 10.4. The van der Waals surface area contributed by atoms with Gasteiger partial charge in [0.2, 0.25) is 0 Å². The maximum atomic E-state index is 13.4. The monoisotopic (exact) mass is 297 g/mol. The summed E-state index contributed by atoms with van der Waals surface area (Å²) >= 11 is 0. The molecule has 108 valence electrons. The van der Waals surface area contributed by atoms with Crippen LogP contribution in [0.1, 0.15) is 5.56 Å². The number of nitrogens with one attached hydrogen (secondary N) is 1. The fourth-order valence-electron chi connectivity index (χ4n) is 2.15. The molecule has 0 aliphatic heterocycles. The predicted octanol–water partition coefficient (Wildman–Crippen LogP) is 2.87. The van der Waals surface area contributed by atoms with Gasteiger partial charge in [-0.05, 0) is 24.3 Å². The van der Waals surface area contributed by atoms with Crippen LogP contribution in [0.3, 0.4) is 0 Å². The van der Waals surface area contributed by atoms with Gasteiger partial charge in [-0.15, -0.1) is 0 Å². The first-order valence-corrected chi connectivity index (χ1v) is 6.25. The molecule has 5 nitrogen and oxygen atoms in total. The molecular weight excluding hydrogens is 288 g/mol. The second kappa shape index (κ2) is 5.26. The minimum atomic E-state index is -0.720. The highest BCUT2D eigenvalue weighted by atomic mass is 19.1. The first-order chi connectivity index (χ1) is 10.6. The van der Waals surface area contributed by atoms with Crippen molar-refractivity contribution in [3.8, 4) is 28.6 Å². The summed E-state index contributed by atoms with van der Waals surface area (Å²) in [7, 11) is 0. The maximum absolute atomic E-state index is 13.4. The number of nitrogens with zero attached hydrogens (tertiary/aromatic N) is 3. The molecule has 0 amide bonds. The van der Waals surface area contributed by atoms with Crippen molar-refractivity contribution < 1.29 is 8.78 Å². The van der Waals surface area contributed by atoms with Crippen LogP contribution >= 0.6 is 0 Å². The molecule has 7 heteroatoms. The van der Waals surface area contributed by atoms with Gasteiger partial charge in [0.1, 0.15) is 29.1 Å². The molecule has 0 bridgehead atoms. The number of hydrogen-bond donors (Lipinski definition) is 2. The van der Waals surface area contributed by atoms with Crippen molar-refractivity contribution in [1.82, 2.24) is 15.2 Å². The number of anilines is 1. The summed E-state index contributed by atoms with van der Waals surface area (Å²) in [5.74, 6) is -1.46. The molecule has 3 rings (SSSR count). The lowest BCUT2D eigenvalue weighted by Gasteiger charge is -2.09. The Balaban J connectivity index is 2.24. The van der Waals surface area contributed by atoms with Crippen molar-refractivity contribution in [3.63, 3.8) is 0 Å². The highest BCUT2D eigenvalue weighted by molar-refractivity contribution is 5.78. The lowest BCUT2D eigenvalue weighted by atomic mass is 10.0. The number of H-pyrrole nitrogens is 1. The van der Waals surface area contributed by atoms with E-state index in [1.54, 1.807) is 6.07 Å². The Kier molecular flexibility index (Phi) is 3.27. The summed E-state index contributed by atoms with van der Waals surface area (Å²) in [5.41, 5.74) is 7.49. The van der Waals surface area contributed by atoms with Crippen LogP contribution in [0.5, 0.6) is 0 Å². The van der Waals surface area contributed by atoms with E-state index < -0.39 is 11.6 Å². The largest absolute Gasteiger partial charge is 0.383 e. The summed E-state index contributed by atoms with van der Waals surface area (Å²) in [4.78, 5) is 4.05. The number of nitriles is 1. The van der Waals surface area contributed by atoms with E-state index in [9.17, 15) is 14.0 Å². The third-order valence-electron chi connectivity index (χ3n) is 3.11. The second-order valence-corrected chi connectivity index (χ2v) is 4.56. The van der Waals surface area contributed by atoms with Crippen LogP contribution in [0.25, 0.3) is 22.5 Å². The van der Waals surface area contributed by atoms with E-state index in [1.165, 1.54) is 12.3 Å². The summed E-state index contributed by atoms with van der Waals surface area (Å²) in [6.07, 6.45) is 1.52. The van der Waals surface area contributed by atoms with Crippen LogP contribution in [0.2, 0.25) is 0 Å². The summed E-state index contributed by atoms with van der Waals surface area (Å²) < 4.78 is 26.7. The Labute approximate surface area is 124 Å². The number of halogens is 2. The SMILES string of the molecule is N#Cc1c(-c2ccn[nH]2)cc(-c2cc(F)cc(F)c2)nc1N. The fourth-order valence-corrected chi connectivity index (χ4v) is 2.15. The molecule has 0 saturated heterocycles. The average molecular weight is 297 g/mol. The van der Waals surface area contributed by atoms with Crippen LogP contribution in [0.4, 0.5) is 14.6 Å². The molecule has 0 aliphatic rings. The molecule has 3 aromatic rings. The predicted molar refractivity (Wildman–Crippen MR) is 76.3 cm³/mol. The highest BCUT2D eigenvalue weighted by Crippen LogP contribution is 2.30. The van der Waals surface area contributed by atoms with Gasteiger partial charge in [-0.25, -0.2) is 13.8 Å². The van der Waals surface area contributed by atoms with Gasteiger partial charge in [-0.2, -0.15) is 10.4 Å². The van der Waals surface area contributed by atoms with Crippen molar-refractivity contribution in [2.75, 3.05) is 5.73 Å². The van der Waals surface area contributed by atoms with Crippen molar-refractivity contribution in [2.45, 2.75) is 0 Å². The Bertz CT molecular complexity index is 861. The van der Waals surface area contributed by atoms with Crippen molar-refractivity contribution >= 4 is 5.82 Å². The molecule has 22 heavy (non-hydrogen) atoms. The number of pyridine rings is 1. The van der Waals surface area contributed by atoms with E-state index >= 15 is 0 Å². The number of aromatic amines is 1. The minimum absolute atomic E-state index is 0.0192. The third-order valence-corrected chi connectivity index (χ3v) is 3.11. The Hall–Kier alpha value is -3.27. The van der Waals surface area contributed by atoms with Gasteiger partial charge < -0.3 is 5.73 Å². The van der Waals surface area contributed by atoms with E-state index in [0.717, 1.165) is 18.2 Å². The first kappa shape index (κ1) is 13.7. The summed E-state index contributed by atoms with van der Waals surface area (Å²) in [6, 6.07) is 8.23. The zero-order chi connectivity index (χ0) is 15.7. The molecule has 0 fully saturated rings. The smallest absolute Gasteiger partial charge is 0.142 e. The van der Waals surface area contributed by atoms with Crippen LogP contribution in [-0.2, 0) is 0 Å². The van der Waals surface area contributed by atoms with Crippen LogP contribution < -0.4 is 5.73 Å². The van der Waals surface area contributed by atoms with Crippen molar-refractivity contribution in [1.29, 1.82) is 5.26 Å². The van der Waals surface area contributed by atoms with Crippen LogP contribution in [-0.4, -0.2) is 15.2 Å². The molecule has 3 N–H and O–H groups in total. The van der Waals surface area contributed by atoms with Gasteiger partial charge in [0.05, 0.1) is 11.4 Å². The zero-order valence-electron chi connectivity index (χ0n) is 11.1. The summed E-state index contributed by atoms with van der Waals surface area (Å²) in [6.45, 7) is 0. The number of benzene rings is 1. The number of nitrogen functional groups attached to an aromatic ring is 1. The molecular formula is C15H9F2N5. The number of aromatic nitrogens is 3. The van der Waals surface area contributed by atoms with E-state index in [2.05, 4.69) is 15.2 Å². The Morgan fingerprint density at radius 2 is 1.86 bits per heavy atom. The molecule has 0 saturated carbocycles. The van der Waals surface area contributed by atoms with E-state index in [-0.39, 0.29) is 22.6 Å². The van der Waals surface area contributed by atoms with E-state index in [4.69, 9.17) is 5.73 Å². The number of rotatable bonds is 2. The van der Waals surface area contributed by atoms with Gasteiger partial charge in [-0.3, -0.25) is 5.10 Å². The Morgan fingerprint density at radius 1 is 1.14 bits per heavy atom. The lowest BCUT2D eigenvalue weighted by Crippen LogP contribution is -2.00. The average Bonchev–Trinajstić information content (AvgIpc) is 2.99. The van der Waals surface area contributed by atoms with Gasteiger partial charge in [0.15, 0.2) is 0 Å². The van der Waals surface area contributed by atoms with Gasteiger partial charge in [0.25, 0.3) is 0 Å². The van der Waals surface area contributed by atoms with Crippen molar-refractivity contribution in [2.24, 2.45) is 0 Å². The third kappa shape index (κ3) is 2.38. The molecule has 0 atom stereocenters. The van der Waals surface area contributed by atoms with Gasteiger partial charge in [-0.1, -0.05) is 0 Å². The lowest BCUT2D eigenvalue weighted by molar-refractivity contribution is 0.584. The topological polar surface area (TPSA) is 91.4 Å². The molecule has 1 aromatic carbocycles. The highest BCUT2D eigenvalue weighted by Gasteiger charge is 2.15. The molecule has 2 heterocycles. The zero-order valence-corrected chi connectivity index (χ0v) is 11.1. The standard InChI is InChI=1S/C15H9F2N5/c16-9-3-8(4-10(17)5-9)14-6-11(13-1-2-20-22-13)12(7-18)15(19)21-14/h1-6H,(H2,19,21)(H,20,22). The van der Waals surface area contributed by atoms with Gasteiger partial charge >= 0.3 is 0 Å². The molecule has 0 spiro atoms. The van der Waals surface area contributed by atoms with Crippen molar-refractivity contribution in [3.05, 3.63) is 53.7 Å². The summed E-state index contributed by atoms with van der Waals surface area (Å²) in [5, 5.41) is 15.8. The quantitative estimate of drug-likeness (QED) is 0.760. The number of nitrogens with two attached hydrogens (primary N) is 1. The molecule has 0 aliphatic carbocycles. The van der Waals surface area contributed by atoms with Crippen LogP contribution in [0.15, 0.2) is 36.5 Å². The van der Waals surface area contributed by atoms with Gasteiger partial charge in [0, 0.05) is 23.4 Å². The minimum Gasteiger partial charge on any atom is -0.383 e. The first-order valence-electron chi connectivity index (χ1n) is 6.25. The molecule has 0 radical (unpaired) electrons. The second-order valence-electron chi connectivity index (χ2n) is 4.56. The molecule has 2 aromatic heterocycles. The fraction of sp³-hybridized carbons (Fsp3) is 0. The van der Waals surface area contributed by atoms with Crippen LogP contribution in [0, 0.1) is 23.0 Å². The maximum Gasteiger partial charge on any atom is 0.142 e. The van der Waals surface area contributed by atoms with E-state index in [1.807, 2.05) is 6.07 Å². The molecule has 0 unspecified atom stereocenters. The number of hydrogen-bond acceptors (Lipinski definition) is 4. The Morgan fingerprint density at radius 3 is 2.45 bits per heavy atom.